The summed E-state index contributed by atoms with van der Waals surface area (Å²) in [6.45, 7) is 6.55. The van der Waals surface area contributed by atoms with E-state index in [1.165, 1.54) is 0 Å². The van der Waals surface area contributed by atoms with Gasteiger partial charge in [-0.25, -0.2) is 0 Å². The zero-order chi connectivity index (χ0) is 27.4. The van der Waals surface area contributed by atoms with Gasteiger partial charge in [-0.3, -0.25) is 9.80 Å². The van der Waals surface area contributed by atoms with Gasteiger partial charge in [0, 0.05) is 48.0 Å². The largest absolute Gasteiger partial charge is 0.504 e. The van der Waals surface area contributed by atoms with Crippen LogP contribution in [-0.2, 0) is 17.6 Å². The highest BCUT2D eigenvalue weighted by Gasteiger charge is 2.56. The Hall–Kier alpha value is -3.49. The number of nitrogens with two attached hydrogens (primary N) is 1. The van der Waals surface area contributed by atoms with Crippen LogP contribution in [0.5, 0.6) is 28.7 Å². The number of hydrogen-bond donors (Lipinski definition) is 2. The average molecular weight is 535 g/mol. The number of likely N-dealkylation sites (N-methyl/N-ethyl adjacent to an activating group) is 1. The quantitative estimate of drug-likeness (QED) is 0.405. The Bertz CT molecular complexity index is 1360. The van der Waals surface area contributed by atoms with E-state index in [1.54, 1.807) is 19.3 Å². The summed E-state index contributed by atoms with van der Waals surface area (Å²) >= 11 is 0. The van der Waals surface area contributed by atoms with Gasteiger partial charge in [-0.05, 0) is 38.4 Å². The first-order valence-electron chi connectivity index (χ1n) is 13.2. The molecule has 10 heteroatoms. The number of phenols is 1. The van der Waals surface area contributed by atoms with E-state index in [0.29, 0.717) is 36.7 Å². The number of aromatic hydroxyl groups is 1. The van der Waals surface area contributed by atoms with Crippen molar-refractivity contribution in [3.8, 4) is 34.8 Å². The average Bonchev–Trinajstić information content (AvgIpc) is 3.43. The van der Waals surface area contributed by atoms with E-state index >= 15 is 0 Å². The van der Waals surface area contributed by atoms with Crippen molar-refractivity contribution in [2.75, 3.05) is 40.9 Å². The maximum absolute atomic E-state index is 10.9. The van der Waals surface area contributed by atoms with E-state index < -0.39 is 6.04 Å². The van der Waals surface area contributed by atoms with Crippen LogP contribution in [0.1, 0.15) is 39.9 Å². The van der Waals surface area contributed by atoms with E-state index in [0.717, 1.165) is 33.6 Å². The zero-order valence-corrected chi connectivity index (χ0v) is 22.5. The molecule has 206 valence electrons. The second-order valence-corrected chi connectivity index (χ2v) is 10.5. The van der Waals surface area contributed by atoms with Crippen LogP contribution in [0, 0.1) is 18.3 Å². The molecule has 10 nitrogen and oxygen atoms in total. The molecular formula is C29H34N4O6. The Labute approximate surface area is 228 Å². The third kappa shape index (κ3) is 3.68. The molecule has 1 fully saturated rings. The first-order chi connectivity index (χ1) is 19.0. The maximum Gasteiger partial charge on any atom is 0.231 e. The minimum Gasteiger partial charge on any atom is -0.504 e. The molecule has 0 aliphatic carbocycles. The molecule has 2 aromatic rings. The molecule has 0 radical (unpaired) electrons. The van der Waals surface area contributed by atoms with Crippen molar-refractivity contribution in [3.63, 3.8) is 0 Å². The number of piperazine rings is 1. The van der Waals surface area contributed by atoms with Crippen molar-refractivity contribution in [2.45, 2.75) is 50.0 Å². The second kappa shape index (κ2) is 9.92. The molecule has 0 aromatic heterocycles. The number of benzene rings is 2. The fourth-order valence-corrected chi connectivity index (χ4v) is 7.18. The van der Waals surface area contributed by atoms with Gasteiger partial charge in [0.2, 0.25) is 6.79 Å². The van der Waals surface area contributed by atoms with Crippen LogP contribution in [-0.4, -0.2) is 73.9 Å². The van der Waals surface area contributed by atoms with E-state index in [9.17, 15) is 10.4 Å². The molecule has 2 bridgehead atoms. The fourth-order valence-electron chi connectivity index (χ4n) is 7.18. The van der Waals surface area contributed by atoms with Gasteiger partial charge in [-0.15, -0.1) is 0 Å². The summed E-state index contributed by atoms with van der Waals surface area (Å²) in [6, 6.07) is 5.09. The molecule has 4 aliphatic rings. The topological polar surface area (TPSA) is 123 Å². The van der Waals surface area contributed by atoms with Crippen LogP contribution < -0.4 is 24.7 Å². The SMILES string of the molecule is C=CCOc1c(C)c2c(c3c1CC1[C@H]4c5c(ccc(O)c5OCOC)C[C@@H]([C@H](C#N)N1[C@H]3CN)N4C)OCO2. The lowest BCUT2D eigenvalue weighted by Crippen LogP contribution is -2.68. The molecule has 1 unspecified atom stereocenters. The standard InChI is InChI=1S/C29H34N4O6/c1-5-8-36-26-15(2)27-29(39-14-38-27)24-17(26)10-19-25-23-16(6-7-22(34)28(23)37-13-35-4)9-18(32(25)3)20(11-30)33(19)21(24)12-31/h5-7,18-21,25,34H,1,8-10,12-14,31H2,2-4H3/t18-,19?,20-,21-,25-/m0/s1. The van der Waals surface area contributed by atoms with Gasteiger partial charge in [0.1, 0.15) is 18.4 Å². The summed E-state index contributed by atoms with van der Waals surface area (Å²) in [7, 11) is 3.60. The lowest BCUT2D eigenvalue weighted by molar-refractivity contribution is -0.0719. The highest BCUT2D eigenvalue weighted by molar-refractivity contribution is 5.66. The molecule has 0 spiro atoms. The molecule has 4 aliphatic heterocycles. The van der Waals surface area contributed by atoms with Crippen LogP contribution in [0.15, 0.2) is 24.8 Å². The monoisotopic (exact) mass is 534 g/mol. The highest BCUT2D eigenvalue weighted by atomic mass is 16.7. The number of fused-ring (bicyclic) bond motifs is 9. The lowest BCUT2D eigenvalue weighted by Gasteiger charge is -2.60. The number of nitriles is 1. The third-order valence-corrected chi connectivity index (χ3v) is 8.65. The normalized spacial score (nSPS) is 26.7. The lowest BCUT2D eigenvalue weighted by atomic mass is 9.72. The van der Waals surface area contributed by atoms with Crippen molar-refractivity contribution in [1.29, 1.82) is 5.26 Å². The Morgan fingerprint density at radius 2 is 1.97 bits per heavy atom. The minimum absolute atomic E-state index is 0.00947. The van der Waals surface area contributed by atoms with Crippen LogP contribution in [0.3, 0.4) is 0 Å². The van der Waals surface area contributed by atoms with E-state index in [-0.39, 0.29) is 50.0 Å². The molecule has 6 rings (SSSR count). The Morgan fingerprint density at radius 3 is 2.69 bits per heavy atom. The number of nitrogens with zero attached hydrogens (tertiary/aromatic N) is 3. The van der Waals surface area contributed by atoms with Gasteiger partial charge in [0.15, 0.2) is 29.8 Å². The Morgan fingerprint density at radius 1 is 1.18 bits per heavy atom. The summed E-state index contributed by atoms with van der Waals surface area (Å²) < 4.78 is 29.3. The van der Waals surface area contributed by atoms with Crippen molar-refractivity contribution in [3.05, 3.63) is 52.6 Å². The molecule has 3 N–H and O–H groups in total. The molecule has 39 heavy (non-hydrogen) atoms. The van der Waals surface area contributed by atoms with Gasteiger partial charge in [-0.2, -0.15) is 5.26 Å². The van der Waals surface area contributed by atoms with E-state index in [1.807, 2.05) is 13.0 Å². The molecule has 5 atom stereocenters. The van der Waals surface area contributed by atoms with Crippen LogP contribution in [0.2, 0.25) is 0 Å². The van der Waals surface area contributed by atoms with Crippen molar-refractivity contribution >= 4 is 0 Å². The maximum atomic E-state index is 10.9. The molecular weight excluding hydrogens is 500 g/mol. The van der Waals surface area contributed by atoms with Crippen molar-refractivity contribution in [1.82, 2.24) is 9.80 Å². The molecule has 2 aromatic carbocycles. The smallest absolute Gasteiger partial charge is 0.231 e. The predicted octanol–water partition coefficient (Wildman–Crippen LogP) is 2.71. The molecule has 0 amide bonds. The number of methoxy groups -OCH3 is 1. The Kier molecular flexibility index (Phi) is 6.55. The first kappa shape index (κ1) is 25.8. The number of phenolic OH excluding ortho intramolecular Hbond substituents is 1. The first-order valence-corrected chi connectivity index (χ1v) is 13.2. The summed E-state index contributed by atoms with van der Waals surface area (Å²) in [6.07, 6.45) is 2.93. The second-order valence-electron chi connectivity index (χ2n) is 10.5. The molecule has 1 saturated heterocycles. The van der Waals surface area contributed by atoms with Crippen molar-refractivity contribution in [2.24, 2.45) is 5.73 Å². The Balaban J connectivity index is 1.58. The predicted molar refractivity (Wildman–Crippen MR) is 142 cm³/mol. The van der Waals surface area contributed by atoms with Gasteiger partial charge >= 0.3 is 0 Å². The highest BCUT2D eigenvalue weighted by Crippen LogP contribution is 2.58. The third-order valence-electron chi connectivity index (χ3n) is 8.65. The van der Waals surface area contributed by atoms with Gasteiger partial charge in [0.25, 0.3) is 0 Å². The molecule has 4 heterocycles. The van der Waals surface area contributed by atoms with Crippen LogP contribution in [0.25, 0.3) is 0 Å². The van der Waals surface area contributed by atoms with Crippen LogP contribution in [0.4, 0.5) is 0 Å². The number of hydrogen-bond acceptors (Lipinski definition) is 10. The molecule has 0 saturated carbocycles. The van der Waals surface area contributed by atoms with Crippen molar-refractivity contribution < 1.29 is 28.8 Å². The van der Waals surface area contributed by atoms with E-state index in [4.69, 9.17) is 29.4 Å². The summed E-state index contributed by atoms with van der Waals surface area (Å²) in [5.74, 6) is 2.57. The number of rotatable bonds is 7. The summed E-state index contributed by atoms with van der Waals surface area (Å²) in [4.78, 5) is 4.53. The van der Waals surface area contributed by atoms with Crippen LogP contribution >= 0.6 is 0 Å². The van der Waals surface area contributed by atoms with Gasteiger partial charge in [-0.1, -0.05) is 18.7 Å². The minimum atomic E-state index is -0.417. The summed E-state index contributed by atoms with van der Waals surface area (Å²) in [5, 5.41) is 21.4. The van der Waals surface area contributed by atoms with Gasteiger partial charge in [0.05, 0.1) is 18.2 Å². The fraction of sp³-hybridized carbons (Fsp3) is 0.483. The van der Waals surface area contributed by atoms with E-state index in [2.05, 4.69) is 29.5 Å². The number of ether oxygens (including phenoxy) is 5. The zero-order valence-electron chi connectivity index (χ0n) is 22.5. The van der Waals surface area contributed by atoms with Gasteiger partial charge < -0.3 is 34.5 Å². The summed E-state index contributed by atoms with van der Waals surface area (Å²) in [5.41, 5.74) is 11.3.